The van der Waals surface area contributed by atoms with Gasteiger partial charge in [0.25, 0.3) is 11.8 Å². The van der Waals surface area contributed by atoms with Crippen LogP contribution in [0.5, 0.6) is 23.0 Å². The van der Waals surface area contributed by atoms with Gasteiger partial charge in [0.15, 0.2) is 17.2 Å². The van der Waals surface area contributed by atoms with Crippen LogP contribution in [0.25, 0.3) is 5.69 Å². The normalized spacial score (nSPS) is 10.4. The van der Waals surface area contributed by atoms with Gasteiger partial charge in [-0.05, 0) is 52.0 Å². The first-order chi connectivity index (χ1) is 16.9. The molecule has 0 unspecified atom stereocenters. The smallest absolute Gasteiger partial charge is 0.292 e. The lowest BCUT2D eigenvalue weighted by Gasteiger charge is -2.17. The fourth-order valence-corrected chi connectivity index (χ4v) is 3.29. The Morgan fingerprint density at radius 2 is 1.54 bits per heavy atom. The number of carbonyl (C=O) groups excluding carboxylic acids is 2. The number of carbonyl (C=O) groups is 2. The highest BCUT2D eigenvalue weighted by atomic mass is 16.5. The molecule has 3 aromatic rings. The van der Waals surface area contributed by atoms with Gasteiger partial charge in [-0.3, -0.25) is 20.4 Å². The van der Waals surface area contributed by atoms with Crippen molar-refractivity contribution >= 4 is 11.8 Å². The Morgan fingerprint density at radius 1 is 0.914 bits per heavy atom. The second-order valence-corrected chi connectivity index (χ2v) is 7.15. The number of amides is 2. The lowest BCUT2D eigenvalue weighted by molar-refractivity contribution is 0.0843. The molecule has 186 valence electrons. The number of ether oxygens (including phenoxy) is 4. The fraction of sp³-hybridized carbons (Fsp3) is 0.333. The van der Waals surface area contributed by atoms with Gasteiger partial charge in [-0.15, -0.1) is 5.10 Å². The Labute approximate surface area is 203 Å². The van der Waals surface area contributed by atoms with Crippen LogP contribution in [0.3, 0.4) is 0 Å². The zero-order valence-corrected chi connectivity index (χ0v) is 20.4. The van der Waals surface area contributed by atoms with E-state index in [9.17, 15) is 9.59 Å². The van der Waals surface area contributed by atoms with E-state index in [0.29, 0.717) is 54.2 Å². The highest BCUT2D eigenvalue weighted by Gasteiger charge is 2.21. The molecule has 0 atom stereocenters. The van der Waals surface area contributed by atoms with Gasteiger partial charge in [-0.1, -0.05) is 11.3 Å². The summed E-state index contributed by atoms with van der Waals surface area (Å²) in [5, 5.41) is 8.01. The van der Waals surface area contributed by atoms with Crippen LogP contribution < -0.4 is 29.8 Å². The first-order valence-electron chi connectivity index (χ1n) is 11.2. The third-order valence-electron chi connectivity index (χ3n) is 4.87. The number of hydrogen-bond donors (Lipinski definition) is 2. The summed E-state index contributed by atoms with van der Waals surface area (Å²) in [5.74, 6) is 0.611. The topological polar surface area (TPSA) is 126 Å². The predicted octanol–water partition coefficient (Wildman–Crippen LogP) is 2.86. The Kier molecular flexibility index (Phi) is 8.49. The molecular weight excluding hydrogens is 454 g/mol. The zero-order chi connectivity index (χ0) is 25.4. The van der Waals surface area contributed by atoms with E-state index in [1.165, 1.54) is 16.8 Å². The van der Waals surface area contributed by atoms with Gasteiger partial charge in [0.2, 0.25) is 5.75 Å². The van der Waals surface area contributed by atoms with Gasteiger partial charge < -0.3 is 18.9 Å². The molecule has 0 spiro atoms. The van der Waals surface area contributed by atoms with Gasteiger partial charge >= 0.3 is 0 Å². The van der Waals surface area contributed by atoms with Crippen molar-refractivity contribution in [1.82, 2.24) is 25.8 Å². The molecule has 0 saturated heterocycles. The summed E-state index contributed by atoms with van der Waals surface area (Å²) in [6.07, 6.45) is 0. The van der Waals surface area contributed by atoms with E-state index < -0.39 is 11.8 Å². The first kappa shape index (κ1) is 25.3. The number of rotatable bonds is 10. The van der Waals surface area contributed by atoms with Gasteiger partial charge in [0, 0.05) is 11.6 Å². The van der Waals surface area contributed by atoms with Crippen LogP contribution in [0, 0.1) is 6.92 Å². The molecule has 2 aromatic carbocycles. The average molecular weight is 484 g/mol. The molecule has 1 aromatic heterocycles. The molecule has 2 amide bonds. The first-order valence-corrected chi connectivity index (χ1v) is 11.2. The SMILES string of the molecule is CCOc1cc(C(=O)NNC(=O)c2nnn(-c3cccc(OC)c3)c2C)cc(OCC)c1OCC. The fourth-order valence-electron chi connectivity index (χ4n) is 3.29. The quantitative estimate of drug-likeness (QED) is 0.422. The van der Waals surface area contributed by atoms with E-state index in [1.807, 2.05) is 26.8 Å². The van der Waals surface area contributed by atoms with E-state index in [1.54, 1.807) is 32.2 Å². The average Bonchev–Trinajstić information content (AvgIpc) is 3.25. The van der Waals surface area contributed by atoms with Gasteiger partial charge in [0.05, 0.1) is 38.3 Å². The maximum Gasteiger partial charge on any atom is 0.292 e. The summed E-state index contributed by atoms with van der Waals surface area (Å²) in [7, 11) is 1.56. The lowest BCUT2D eigenvalue weighted by Crippen LogP contribution is -2.42. The number of nitrogens with one attached hydrogen (secondary N) is 2. The van der Waals surface area contributed by atoms with Crippen molar-refractivity contribution in [3.05, 3.63) is 53.3 Å². The van der Waals surface area contributed by atoms with E-state index >= 15 is 0 Å². The third-order valence-corrected chi connectivity index (χ3v) is 4.87. The number of hydrogen-bond acceptors (Lipinski definition) is 8. The summed E-state index contributed by atoms with van der Waals surface area (Å²) in [6, 6.07) is 10.2. The van der Waals surface area contributed by atoms with Crippen molar-refractivity contribution in [2.45, 2.75) is 27.7 Å². The number of aromatic nitrogens is 3. The predicted molar refractivity (Wildman–Crippen MR) is 128 cm³/mol. The minimum Gasteiger partial charge on any atom is -0.497 e. The molecule has 1 heterocycles. The standard InChI is InChI=1S/C24H29N5O6/c1-6-33-19-12-16(13-20(34-7-2)22(19)35-8-3)23(30)26-27-24(31)21-15(4)29(28-25-21)17-10-9-11-18(14-17)32-5/h9-14H,6-8H2,1-5H3,(H,26,30)(H,27,31). The van der Waals surface area contributed by atoms with Crippen LogP contribution >= 0.6 is 0 Å². The molecule has 0 bridgehead atoms. The summed E-state index contributed by atoms with van der Waals surface area (Å²) in [4.78, 5) is 25.5. The highest BCUT2D eigenvalue weighted by molar-refractivity contribution is 5.99. The van der Waals surface area contributed by atoms with Crippen molar-refractivity contribution in [3.8, 4) is 28.7 Å². The number of hydrazine groups is 1. The molecule has 11 heteroatoms. The molecule has 3 rings (SSSR count). The molecule has 0 saturated carbocycles. The van der Waals surface area contributed by atoms with Crippen LogP contribution in [0.2, 0.25) is 0 Å². The van der Waals surface area contributed by atoms with Crippen molar-refractivity contribution in [3.63, 3.8) is 0 Å². The second kappa shape index (κ2) is 11.7. The molecule has 0 fully saturated rings. The van der Waals surface area contributed by atoms with E-state index in [4.69, 9.17) is 18.9 Å². The second-order valence-electron chi connectivity index (χ2n) is 7.15. The zero-order valence-electron chi connectivity index (χ0n) is 20.4. The summed E-state index contributed by atoms with van der Waals surface area (Å²) in [5.41, 5.74) is 6.22. The Hall–Kier alpha value is -4.28. The summed E-state index contributed by atoms with van der Waals surface area (Å²) in [6.45, 7) is 8.33. The van der Waals surface area contributed by atoms with E-state index in [-0.39, 0.29) is 11.3 Å². The van der Waals surface area contributed by atoms with Crippen LogP contribution in [0.1, 0.15) is 47.3 Å². The maximum absolute atomic E-state index is 12.8. The van der Waals surface area contributed by atoms with Gasteiger partial charge in [0.1, 0.15) is 5.75 Å². The van der Waals surface area contributed by atoms with Crippen molar-refractivity contribution in [2.24, 2.45) is 0 Å². The molecule has 0 aliphatic carbocycles. The summed E-state index contributed by atoms with van der Waals surface area (Å²) >= 11 is 0. The largest absolute Gasteiger partial charge is 0.497 e. The molecule has 0 radical (unpaired) electrons. The van der Waals surface area contributed by atoms with Gasteiger partial charge in [-0.2, -0.15) is 0 Å². The van der Waals surface area contributed by atoms with Crippen molar-refractivity contribution < 1.29 is 28.5 Å². The Balaban J connectivity index is 1.77. The third kappa shape index (κ3) is 5.81. The van der Waals surface area contributed by atoms with E-state index in [0.717, 1.165) is 0 Å². The molecule has 0 aliphatic rings. The Morgan fingerprint density at radius 3 is 2.14 bits per heavy atom. The van der Waals surface area contributed by atoms with Gasteiger partial charge in [-0.25, -0.2) is 4.68 Å². The number of benzene rings is 2. The van der Waals surface area contributed by atoms with E-state index in [2.05, 4.69) is 21.2 Å². The molecule has 0 aliphatic heterocycles. The number of methoxy groups -OCH3 is 1. The molecular formula is C24H29N5O6. The molecule has 2 N–H and O–H groups in total. The molecule has 35 heavy (non-hydrogen) atoms. The van der Waals surface area contributed by atoms with Crippen molar-refractivity contribution in [2.75, 3.05) is 26.9 Å². The van der Waals surface area contributed by atoms with Crippen LogP contribution in [-0.2, 0) is 0 Å². The summed E-state index contributed by atoms with van der Waals surface area (Å²) < 4.78 is 23.7. The highest BCUT2D eigenvalue weighted by Crippen LogP contribution is 2.39. The monoisotopic (exact) mass is 483 g/mol. The van der Waals surface area contributed by atoms with Crippen LogP contribution in [-0.4, -0.2) is 53.7 Å². The number of nitrogens with zero attached hydrogens (tertiary/aromatic N) is 3. The lowest BCUT2D eigenvalue weighted by atomic mass is 10.1. The van der Waals surface area contributed by atoms with Crippen LogP contribution in [0.15, 0.2) is 36.4 Å². The van der Waals surface area contributed by atoms with Crippen LogP contribution in [0.4, 0.5) is 0 Å². The van der Waals surface area contributed by atoms with Crippen molar-refractivity contribution in [1.29, 1.82) is 0 Å². The Bertz CT molecular complexity index is 1170. The minimum atomic E-state index is -0.619. The maximum atomic E-state index is 12.8. The molecule has 11 nitrogen and oxygen atoms in total. The minimum absolute atomic E-state index is 0.0600.